The van der Waals surface area contributed by atoms with Crippen molar-refractivity contribution in [2.75, 3.05) is 5.32 Å². The summed E-state index contributed by atoms with van der Waals surface area (Å²) in [5.74, 6) is 0.285. The van der Waals surface area contributed by atoms with E-state index in [2.05, 4.69) is 36.4 Å². The first-order valence-electron chi connectivity index (χ1n) is 6.53. The smallest absolute Gasteiger partial charge is 0.275 e. The number of pyridine rings is 1. The lowest BCUT2D eigenvalue weighted by molar-refractivity contribution is 0.102. The minimum Gasteiger partial charge on any atom is -0.321 e. The van der Waals surface area contributed by atoms with E-state index >= 15 is 0 Å². The number of halogens is 1. The molecule has 0 radical (unpaired) electrons. The van der Waals surface area contributed by atoms with Gasteiger partial charge >= 0.3 is 0 Å². The van der Waals surface area contributed by atoms with Crippen molar-refractivity contribution in [1.82, 2.24) is 19.7 Å². The summed E-state index contributed by atoms with van der Waals surface area (Å²) in [7, 11) is 0. The van der Waals surface area contributed by atoms with Crippen molar-refractivity contribution in [2.45, 2.75) is 6.92 Å². The van der Waals surface area contributed by atoms with E-state index in [0.29, 0.717) is 16.0 Å². The first-order chi connectivity index (χ1) is 10.6. The highest BCUT2D eigenvalue weighted by molar-refractivity contribution is 9.10. The van der Waals surface area contributed by atoms with Gasteiger partial charge in [0, 0.05) is 10.2 Å². The number of hydrogen-bond acceptors (Lipinski definition) is 4. The lowest BCUT2D eigenvalue weighted by Crippen LogP contribution is -2.15. The molecule has 6 nitrogen and oxygen atoms in total. The quantitative estimate of drug-likeness (QED) is 0.781. The molecule has 1 amide bonds. The van der Waals surface area contributed by atoms with Crippen molar-refractivity contribution in [3.63, 3.8) is 0 Å². The van der Waals surface area contributed by atoms with Gasteiger partial charge in [0.05, 0.1) is 0 Å². The highest BCUT2D eigenvalue weighted by Crippen LogP contribution is 2.19. The number of anilines is 1. The summed E-state index contributed by atoms with van der Waals surface area (Å²) in [6.45, 7) is 1.99. The summed E-state index contributed by atoms with van der Waals surface area (Å²) in [4.78, 5) is 16.7. The van der Waals surface area contributed by atoms with E-state index < -0.39 is 0 Å². The molecular weight excluding hydrogens is 346 g/mol. The normalized spacial score (nSPS) is 10.5. The van der Waals surface area contributed by atoms with E-state index in [9.17, 15) is 4.79 Å². The summed E-state index contributed by atoms with van der Waals surface area (Å²) >= 11 is 3.36. The van der Waals surface area contributed by atoms with E-state index in [1.54, 1.807) is 16.7 Å². The zero-order chi connectivity index (χ0) is 15.5. The van der Waals surface area contributed by atoms with Crippen LogP contribution in [0.1, 0.15) is 16.1 Å². The molecule has 0 unspecified atom stereocenters. The third kappa shape index (κ3) is 3.04. The first kappa shape index (κ1) is 14.4. The monoisotopic (exact) mass is 357 g/mol. The maximum Gasteiger partial charge on any atom is 0.275 e. The molecule has 7 heteroatoms. The van der Waals surface area contributed by atoms with Crippen LogP contribution in [0.5, 0.6) is 0 Å². The van der Waals surface area contributed by atoms with Crippen LogP contribution in [0.2, 0.25) is 0 Å². The van der Waals surface area contributed by atoms with Gasteiger partial charge in [-0.1, -0.05) is 17.7 Å². The number of nitrogens with one attached hydrogen (secondary N) is 1. The van der Waals surface area contributed by atoms with E-state index in [4.69, 9.17) is 0 Å². The molecule has 0 spiro atoms. The Labute approximate surface area is 135 Å². The van der Waals surface area contributed by atoms with Gasteiger partial charge in [-0.05, 0) is 47.1 Å². The molecule has 110 valence electrons. The Bertz CT molecular complexity index is 799. The predicted molar refractivity (Wildman–Crippen MR) is 86.0 cm³/mol. The Morgan fingerprint density at radius 2 is 1.77 bits per heavy atom. The lowest BCUT2D eigenvalue weighted by atomic mass is 10.2. The molecule has 2 heterocycles. The molecule has 2 aromatic heterocycles. The van der Waals surface area contributed by atoms with Gasteiger partial charge in [-0.15, -0.1) is 10.2 Å². The van der Waals surface area contributed by atoms with Crippen LogP contribution in [-0.2, 0) is 0 Å². The topological polar surface area (TPSA) is 72.7 Å². The first-order valence-corrected chi connectivity index (χ1v) is 7.32. The second kappa shape index (κ2) is 6.07. The average Bonchev–Trinajstić information content (AvgIpc) is 3.04. The number of rotatable bonds is 3. The molecule has 3 rings (SSSR count). The number of nitrogens with zero attached hydrogens (tertiary/aromatic N) is 4. The van der Waals surface area contributed by atoms with Crippen LogP contribution in [0.25, 0.3) is 5.82 Å². The Kier molecular flexibility index (Phi) is 3.97. The number of amides is 1. The maximum absolute atomic E-state index is 12.4. The summed E-state index contributed by atoms with van der Waals surface area (Å²) in [6.07, 6.45) is 3.05. The molecule has 0 aliphatic carbocycles. The van der Waals surface area contributed by atoms with Crippen molar-refractivity contribution in [3.05, 3.63) is 64.8 Å². The fourth-order valence-electron chi connectivity index (χ4n) is 1.88. The third-order valence-corrected chi connectivity index (χ3v) is 3.68. The van der Waals surface area contributed by atoms with E-state index in [0.717, 1.165) is 11.3 Å². The molecule has 1 aromatic carbocycles. The van der Waals surface area contributed by atoms with Crippen LogP contribution in [0.4, 0.5) is 5.69 Å². The zero-order valence-electron chi connectivity index (χ0n) is 11.7. The minimum absolute atomic E-state index is 0.286. The van der Waals surface area contributed by atoms with Crippen LogP contribution >= 0.6 is 15.9 Å². The zero-order valence-corrected chi connectivity index (χ0v) is 13.3. The van der Waals surface area contributed by atoms with Crippen molar-refractivity contribution >= 4 is 27.5 Å². The molecular formula is C15H12BrN5O. The fraction of sp³-hybridized carbons (Fsp3) is 0.0667. The van der Waals surface area contributed by atoms with E-state index in [1.165, 1.54) is 12.7 Å². The van der Waals surface area contributed by atoms with Crippen LogP contribution in [-0.4, -0.2) is 25.7 Å². The maximum atomic E-state index is 12.4. The Balaban J connectivity index is 1.88. The van der Waals surface area contributed by atoms with Crippen molar-refractivity contribution in [2.24, 2.45) is 0 Å². The number of benzene rings is 1. The SMILES string of the molecule is Cc1ccc(NC(=O)c2nc(-n3cnnc3)ccc2Br)cc1. The van der Waals surface area contributed by atoms with E-state index in [1.807, 2.05) is 31.2 Å². The molecule has 0 aliphatic heterocycles. The largest absolute Gasteiger partial charge is 0.321 e. The molecule has 0 saturated heterocycles. The Morgan fingerprint density at radius 3 is 2.45 bits per heavy atom. The van der Waals surface area contributed by atoms with E-state index in [-0.39, 0.29) is 5.91 Å². The summed E-state index contributed by atoms with van der Waals surface area (Å²) in [6, 6.07) is 11.1. The molecule has 0 atom stereocenters. The average molecular weight is 358 g/mol. The highest BCUT2D eigenvalue weighted by Gasteiger charge is 2.14. The summed E-state index contributed by atoms with van der Waals surface area (Å²) < 4.78 is 2.25. The van der Waals surface area contributed by atoms with Crippen LogP contribution in [0.3, 0.4) is 0 Å². The number of aromatic nitrogens is 4. The van der Waals surface area contributed by atoms with Crippen molar-refractivity contribution in [1.29, 1.82) is 0 Å². The van der Waals surface area contributed by atoms with Gasteiger partial charge in [0.15, 0.2) is 0 Å². The standard InChI is InChI=1S/C15H12BrN5O/c1-10-2-4-11(5-3-10)19-15(22)14-12(16)6-7-13(20-14)21-8-17-18-9-21/h2-9H,1H3,(H,19,22). The molecule has 0 aliphatic rings. The van der Waals surface area contributed by atoms with Gasteiger partial charge in [-0.2, -0.15) is 0 Å². The van der Waals surface area contributed by atoms with Gasteiger partial charge in [0.2, 0.25) is 0 Å². The number of hydrogen-bond donors (Lipinski definition) is 1. The molecule has 3 aromatic rings. The van der Waals surface area contributed by atoms with Gasteiger partial charge < -0.3 is 5.32 Å². The second-order valence-electron chi connectivity index (χ2n) is 4.69. The number of aryl methyl sites for hydroxylation is 1. The molecule has 0 saturated carbocycles. The number of carbonyl (C=O) groups is 1. The van der Waals surface area contributed by atoms with Crippen molar-refractivity contribution in [3.8, 4) is 5.82 Å². The summed E-state index contributed by atoms with van der Waals surface area (Å²) in [5, 5.41) is 10.3. The molecule has 1 N–H and O–H groups in total. The molecule has 0 bridgehead atoms. The molecule has 0 fully saturated rings. The van der Waals surface area contributed by atoms with Gasteiger partial charge in [0.1, 0.15) is 24.2 Å². The molecule has 22 heavy (non-hydrogen) atoms. The van der Waals surface area contributed by atoms with Gasteiger partial charge in [0.25, 0.3) is 5.91 Å². The fourth-order valence-corrected chi connectivity index (χ4v) is 2.28. The lowest BCUT2D eigenvalue weighted by Gasteiger charge is -2.08. The predicted octanol–water partition coefficient (Wildman–Crippen LogP) is 2.99. The van der Waals surface area contributed by atoms with Crippen LogP contribution in [0.15, 0.2) is 53.5 Å². The van der Waals surface area contributed by atoms with Crippen LogP contribution in [0, 0.1) is 6.92 Å². The van der Waals surface area contributed by atoms with Crippen LogP contribution < -0.4 is 5.32 Å². The number of carbonyl (C=O) groups excluding carboxylic acids is 1. The minimum atomic E-state index is -0.286. The van der Waals surface area contributed by atoms with Gasteiger partial charge in [-0.25, -0.2) is 4.98 Å². The third-order valence-electron chi connectivity index (χ3n) is 3.04. The van der Waals surface area contributed by atoms with Gasteiger partial charge in [-0.3, -0.25) is 9.36 Å². The Hall–Kier alpha value is -2.54. The Morgan fingerprint density at radius 1 is 1.09 bits per heavy atom. The highest BCUT2D eigenvalue weighted by atomic mass is 79.9. The summed E-state index contributed by atoms with van der Waals surface area (Å²) in [5.41, 5.74) is 2.15. The van der Waals surface area contributed by atoms with Crippen molar-refractivity contribution < 1.29 is 4.79 Å². The second-order valence-corrected chi connectivity index (χ2v) is 5.54.